The number of amides is 2. The van der Waals surface area contributed by atoms with Crippen LogP contribution in [0.15, 0.2) is 41.3 Å². The fraction of sp³-hybridized carbons (Fsp3) is 0.200. The minimum Gasteiger partial charge on any atom is -0.383 e. The molecule has 0 saturated carbocycles. The molecule has 0 radical (unpaired) electrons. The third-order valence-corrected chi connectivity index (χ3v) is 4.52. The molecule has 0 atom stereocenters. The summed E-state index contributed by atoms with van der Waals surface area (Å²) >= 11 is 0. The Labute approximate surface area is 170 Å². The molecule has 5 N–H and O–H groups in total. The van der Waals surface area contributed by atoms with Gasteiger partial charge in [-0.1, -0.05) is 32.0 Å². The first-order valence-electron chi connectivity index (χ1n) is 9.15. The van der Waals surface area contributed by atoms with Gasteiger partial charge in [-0.2, -0.15) is 0 Å². The van der Waals surface area contributed by atoms with Crippen LogP contribution in [0, 0.1) is 5.82 Å². The topological polar surface area (TPSA) is 135 Å². The maximum absolute atomic E-state index is 14.7. The number of nitrogens with two attached hydrogens (primary N) is 1. The van der Waals surface area contributed by atoms with Crippen molar-refractivity contribution in [2.24, 2.45) is 0 Å². The number of H-pyrrole nitrogens is 1. The quantitative estimate of drug-likeness (QED) is 0.399. The van der Waals surface area contributed by atoms with Crippen molar-refractivity contribution in [2.45, 2.75) is 26.2 Å². The van der Waals surface area contributed by atoms with Gasteiger partial charge in [-0.15, -0.1) is 0 Å². The Morgan fingerprint density at radius 3 is 2.70 bits per heavy atom. The smallest absolute Gasteiger partial charge is 0.325 e. The van der Waals surface area contributed by atoms with Crippen LogP contribution in [0.1, 0.15) is 26.5 Å². The van der Waals surface area contributed by atoms with Gasteiger partial charge in [-0.3, -0.25) is 5.32 Å². The van der Waals surface area contributed by atoms with Crippen molar-refractivity contribution < 1.29 is 13.7 Å². The van der Waals surface area contributed by atoms with Crippen LogP contribution in [0.5, 0.6) is 0 Å². The number of nitrogens with one attached hydrogen (secondary N) is 3. The van der Waals surface area contributed by atoms with Crippen LogP contribution >= 0.6 is 0 Å². The lowest BCUT2D eigenvalue weighted by Gasteiger charge is -2.12. The Hall–Kier alpha value is -3.95. The van der Waals surface area contributed by atoms with E-state index in [9.17, 15) is 9.18 Å². The molecule has 154 valence electrons. The zero-order valence-electron chi connectivity index (χ0n) is 16.6. The molecule has 3 heterocycles. The monoisotopic (exact) mass is 409 g/mol. The summed E-state index contributed by atoms with van der Waals surface area (Å²) in [7, 11) is 0. The molecule has 10 heteroatoms. The van der Waals surface area contributed by atoms with E-state index >= 15 is 0 Å². The molecule has 2 amide bonds. The maximum atomic E-state index is 14.7. The van der Waals surface area contributed by atoms with Gasteiger partial charge in [-0.05, 0) is 17.7 Å². The first kappa shape index (κ1) is 19.4. The second-order valence-electron chi connectivity index (χ2n) is 7.79. The lowest BCUT2D eigenvalue weighted by molar-refractivity contribution is 0.261. The highest BCUT2D eigenvalue weighted by Crippen LogP contribution is 2.32. The average molecular weight is 409 g/mol. The summed E-state index contributed by atoms with van der Waals surface area (Å²) in [6, 6.07) is 5.43. The summed E-state index contributed by atoms with van der Waals surface area (Å²) in [4.78, 5) is 23.3. The minimum atomic E-state index is -0.639. The molecule has 0 fully saturated rings. The molecule has 1 aromatic carbocycles. The van der Waals surface area contributed by atoms with Gasteiger partial charge in [0, 0.05) is 23.2 Å². The number of fused-ring (bicyclic) bond motifs is 1. The largest absolute Gasteiger partial charge is 0.383 e. The van der Waals surface area contributed by atoms with Crippen molar-refractivity contribution in [2.75, 3.05) is 16.4 Å². The Kier molecular flexibility index (Phi) is 4.61. The number of rotatable bonds is 3. The van der Waals surface area contributed by atoms with E-state index in [2.05, 4.69) is 30.7 Å². The van der Waals surface area contributed by atoms with E-state index in [1.807, 2.05) is 20.8 Å². The molecule has 30 heavy (non-hydrogen) atoms. The van der Waals surface area contributed by atoms with Crippen molar-refractivity contribution in [3.05, 3.63) is 48.4 Å². The first-order chi connectivity index (χ1) is 14.2. The second-order valence-corrected chi connectivity index (χ2v) is 7.79. The number of carbonyl (C=O) groups is 1. The van der Waals surface area contributed by atoms with Gasteiger partial charge >= 0.3 is 6.03 Å². The Balaban J connectivity index is 1.52. The Bertz CT molecular complexity index is 1240. The zero-order valence-corrected chi connectivity index (χ0v) is 16.6. The number of halogens is 1. The van der Waals surface area contributed by atoms with Crippen LogP contribution in [0.25, 0.3) is 22.2 Å². The molecule has 0 aliphatic carbocycles. The van der Waals surface area contributed by atoms with E-state index in [0.29, 0.717) is 33.7 Å². The number of nitrogens with zero attached hydrogens (tertiary/aromatic N) is 3. The lowest BCUT2D eigenvalue weighted by Crippen LogP contribution is -2.20. The average Bonchev–Trinajstić information content (AvgIpc) is 3.31. The number of aromatic nitrogens is 4. The fourth-order valence-electron chi connectivity index (χ4n) is 2.96. The number of aromatic amines is 1. The summed E-state index contributed by atoms with van der Waals surface area (Å²) in [5.41, 5.74) is 7.48. The molecular weight excluding hydrogens is 389 g/mol. The fourth-order valence-corrected chi connectivity index (χ4v) is 2.96. The van der Waals surface area contributed by atoms with Crippen LogP contribution in [0.3, 0.4) is 0 Å². The van der Waals surface area contributed by atoms with Crippen molar-refractivity contribution in [1.82, 2.24) is 20.1 Å². The highest BCUT2D eigenvalue weighted by atomic mass is 19.1. The molecular formula is C20H20FN7O2. The summed E-state index contributed by atoms with van der Waals surface area (Å²) in [6.45, 7) is 5.88. The number of carbonyl (C=O) groups excluding carboxylic acids is 1. The Morgan fingerprint density at radius 1 is 1.20 bits per heavy atom. The van der Waals surface area contributed by atoms with Gasteiger partial charge < -0.3 is 20.6 Å². The first-order valence-corrected chi connectivity index (χ1v) is 9.15. The van der Waals surface area contributed by atoms with Crippen molar-refractivity contribution >= 4 is 34.4 Å². The normalized spacial score (nSPS) is 11.6. The standard InChI is InChI=1S/C20H20FN7O2/c1-20(2,3)14-7-15(28-30-14)27-19(29)26-13-5-4-10(6-12(13)21)11-8-23-18-16(11)17(22)24-9-25-18/h4-9H,1-3H3,(H3,22,23,24,25)(H2,26,27,28,29). The lowest BCUT2D eigenvalue weighted by atomic mass is 9.93. The molecule has 0 bridgehead atoms. The van der Waals surface area contributed by atoms with Crippen LogP contribution in [0.4, 0.5) is 26.5 Å². The van der Waals surface area contributed by atoms with Gasteiger partial charge in [0.25, 0.3) is 0 Å². The predicted molar refractivity (Wildman–Crippen MR) is 112 cm³/mol. The van der Waals surface area contributed by atoms with E-state index in [1.165, 1.54) is 18.5 Å². The van der Waals surface area contributed by atoms with Crippen LogP contribution in [-0.2, 0) is 5.41 Å². The van der Waals surface area contributed by atoms with Crippen LogP contribution in [-0.4, -0.2) is 26.1 Å². The summed E-state index contributed by atoms with van der Waals surface area (Å²) < 4.78 is 19.9. The van der Waals surface area contributed by atoms with Gasteiger partial charge in [0.15, 0.2) is 5.82 Å². The molecule has 3 aromatic heterocycles. The number of anilines is 3. The molecule has 9 nitrogen and oxygen atoms in total. The van der Waals surface area contributed by atoms with Gasteiger partial charge in [0.1, 0.15) is 29.4 Å². The van der Waals surface area contributed by atoms with E-state index < -0.39 is 11.8 Å². The number of hydrogen-bond acceptors (Lipinski definition) is 6. The highest BCUT2D eigenvalue weighted by Gasteiger charge is 2.20. The van der Waals surface area contributed by atoms with Crippen molar-refractivity contribution in [1.29, 1.82) is 0 Å². The molecule has 0 aliphatic heterocycles. The molecule has 0 aliphatic rings. The third kappa shape index (κ3) is 3.66. The van der Waals surface area contributed by atoms with Gasteiger partial charge in [0.05, 0.1) is 11.1 Å². The Morgan fingerprint density at radius 2 is 2.00 bits per heavy atom. The van der Waals surface area contributed by atoms with Crippen LogP contribution in [0.2, 0.25) is 0 Å². The van der Waals surface area contributed by atoms with Crippen LogP contribution < -0.4 is 16.4 Å². The number of hydrogen-bond donors (Lipinski definition) is 4. The van der Waals surface area contributed by atoms with Gasteiger partial charge in [-0.25, -0.2) is 19.2 Å². The van der Waals surface area contributed by atoms with E-state index in [4.69, 9.17) is 10.3 Å². The van der Waals surface area contributed by atoms with Crippen molar-refractivity contribution in [3.63, 3.8) is 0 Å². The number of urea groups is 1. The minimum absolute atomic E-state index is 0.0138. The van der Waals surface area contributed by atoms with E-state index in [1.54, 1.807) is 18.3 Å². The number of nitrogen functional groups attached to an aromatic ring is 1. The second kappa shape index (κ2) is 7.14. The maximum Gasteiger partial charge on any atom is 0.325 e. The van der Waals surface area contributed by atoms with E-state index in [0.717, 1.165) is 0 Å². The summed E-state index contributed by atoms with van der Waals surface area (Å²) in [5.74, 6) is 0.544. The SMILES string of the molecule is CC(C)(C)c1cc(NC(=O)Nc2ccc(-c3c[nH]c4ncnc(N)c34)cc2F)no1. The molecule has 0 spiro atoms. The molecule has 4 aromatic rings. The third-order valence-electron chi connectivity index (χ3n) is 4.52. The molecule has 4 rings (SSSR count). The summed E-state index contributed by atoms with van der Waals surface area (Å²) in [5, 5.41) is 9.40. The van der Waals surface area contributed by atoms with E-state index in [-0.39, 0.29) is 16.9 Å². The molecule has 0 unspecified atom stereocenters. The van der Waals surface area contributed by atoms with Gasteiger partial charge in [0.2, 0.25) is 0 Å². The van der Waals surface area contributed by atoms with Crippen molar-refractivity contribution in [3.8, 4) is 11.1 Å². The zero-order chi connectivity index (χ0) is 21.5. The highest BCUT2D eigenvalue weighted by molar-refractivity contribution is 6.01. The summed E-state index contributed by atoms with van der Waals surface area (Å²) in [6.07, 6.45) is 3.03. The predicted octanol–water partition coefficient (Wildman–Crippen LogP) is 4.28. The molecule has 0 saturated heterocycles. The number of benzene rings is 1.